The van der Waals surface area contributed by atoms with Crippen LogP contribution in [0, 0.1) is 27.7 Å². The predicted molar refractivity (Wildman–Crippen MR) is 157 cm³/mol. The van der Waals surface area contributed by atoms with Gasteiger partial charge in [0.1, 0.15) is 40.5 Å². The topological polar surface area (TPSA) is 229 Å². The number of benzene rings is 4. The van der Waals surface area contributed by atoms with Crippen molar-refractivity contribution < 1.29 is 73.6 Å². The van der Waals surface area contributed by atoms with E-state index < -0.39 is 40.5 Å². The molecule has 0 aliphatic rings. The molecule has 12 nitrogen and oxygen atoms in total. The van der Waals surface area contributed by atoms with Gasteiger partial charge in [-0.25, -0.2) is 33.7 Å². The summed E-state index contributed by atoms with van der Waals surface area (Å²) in [6, 6.07) is 24.4. The Labute approximate surface area is 279 Å². The van der Waals surface area contributed by atoms with Gasteiger partial charge in [-0.1, -0.05) is 72.8 Å². The van der Waals surface area contributed by atoms with Crippen LogP contribution in [0.4, 0.5) is 0 Å². The van der Waals surface area contributed by atoms with Crippen molar-refractivity contribution in [2.24, 2.45) is 0 Å². The zero-order valence-corrected chi connectivity index (χ0v) is 29.1. The first-order valence-corrected chi connectivity index (χ1v) is 17.8. The second kappa shape index (κ2) is 17.8. The van der Waals surface area contributed by atoms with Crippen LogP contribution in [0.25, 0.3) is 0 Å². The van der Waals surface area contributed by atoms with E-state index in [9.17, 15) is 51.9 Å². The first-order valence-electron chi connectivity index (χ1n) is 12.1. The minimum atomic E-state index is -4.28. The average molecular weight is 733 g/mol. The number of hydrogen-bond donors (Lipinski definition) is 0. The second-order valence-corrected chi connectivity index (χ2v) is 14.3. The minimum Gasteiger partial charge on any atom is -0.744 e. The van der Waals surface area contributed by atoms with E-state index in [4.69, 9.17) is 0 Å². The van der Waals surface area contributed by atoms with Gasteiger partial charge in [0.05, 0.1) is 19.6 Å². The second-order valence-electron chi connectivity index (χ2n) is 8.88. The predicted octanol–water partition coefficient (Wildman–Crippen LogP) is 3.59. The molecule has 0 heterocycles. The quantitative estimate of drug-likeness (QED) is 0.217. The van der Waals surface area contributed by atoms with Crippen molar-refractivity contribution in [3.05, 3.63) is 119 Å². The summed E-state index contributed by atoms with van der Waals surface area (Å²) in [5, 5.41) is 0. The van der Waals surface area contributed by atoms with Gasteiger partial charge in [0.2, 0.25) is 0 Å². The van der Waals surface area contributed by atoms with E-state index in [0.717, 1.165) is 0 Å². The van der Waals surface area contributed by atoms with E-state index in [1.54, 1.807) is 76.2 Å². The molecule has 4 aromatic carbocycles. The average Bonchev–Trinajstić information content (AvgIpc) is 2.88. The number of hydrogen-bond acceptors (Lipinski definition) is 12. The van der Waals surface area contributed by atoms with Gasteiger partial charge < -0.3 is 18.2 Å². The Hall–Kier alpha value is -2.77. The standard InChI is InChI=1S/4C7H8O3S.Ti/c4*1-6-4-2-3-5-7(6)11(8,9)10;/h4*2-5H,1H3,(H,8,9,10);/q;;;;+4/p-4. The largest absolute Gasteiger partial charge is 4.00 e. The van der Waals surface area contributed by atoms with Crippen molar-refractivity contribution in [2.45, 2.75) is 47.3 Å². The van der Waals surface area contributed by atoms with Crippen LogP contribution in [-0.2, 0) is 62.2 Å². The van der Waals surface area contributed by atoms with E-state index >= 15 is 0 Å². The van der Waals surface area contributed by atoms with Gasteiger partial charge >= 0.3 is 21.7 Å². The molecule has 17 heteroatoms. The van der Waals surface area contributed by atoms with Gasteiger partial charge in [0.25, 0.3) is 0 Å². The monoisotopic (exact) mass is 732 g/mol. The minimum absolute atomic E-state index is 0. The SMILES string of the molecule is Cc1ccccc1S(=O)(=O)[O-].Cc1ccccc1S(=O)(=O)[O-].Cc1ccccc1S(=O)(=O)[O-].Cc1ccccc1S(=O)(=O)[O-].[Ti+4]. The molecule has 4 rings (SSSR count). The van der Waals surface area contributed by atoms with Gasteiger partial charge in [0.15, 0.2) is 0 Å². The zero-order chi connectivity index (χ0) is 33.9. The molecule has 0 saturated carbocycles. The smallest absolute Gasteiger partial charge is 0.744 e. The molecule has 0 aliphatic heterocycles. The fourth-order valence-electron chi connectivity index (χ4n) is 3.35. The summed E-state index contributed by atoms with van der Waals surface area (Å²) in [6.45, 7) is 6.35. The van der Waals surface area contributed by atoms with Crippen LogP contribution < -0.4 is 0 Å². The van der Waals surface area contributed by atoms with Crippen LogP contribution in [0.15, 0.2) is 117 Å². The summed E-state index contributed by atoms with van der Waals surface area (Å²) in [5.74, 6) is 0. The maximum absolute atomic E-state index is 10.5. The molecule has 0 aromatic heterocycles. The van der Waals surface area contributed by atoms with Crippen molar-refractivity contribution in [1.82, 2.24) is 0 Å². The molecule has 0 amide bonds. The summed E-state index contributed by atoms with van der Waals surface area (Å²) < 4.78 is 126. The Morgan fingerprint density at radius 3 is 0.556 bits per heavy atom. The van der Waals surface area contributed by atoms with E-state index in [-0.39, 0.29) is 41.3 Å². The fraction of sp³-hybridized carbons (Fsp3) is 0.143. The molecule has 0 spiro atoms. The summed E-state index contributed by atoms with van der Waals surface area (Å²) >= 11 is 0. The normalized spacial score (nSPS) is 11.2. The molecule has 240 valence electrons. The number of rotatable bonds is 4. The fourth-order valence-corrected chi connectivity index (χ4v) is 6.18. The molecule has 0 fully saturated rings. The molecule has 0 bridgehead atoms. The van der Waals surface area contributed by atoms with Crippen molar-refractivity contribution in [1.29, 1.82) is 0 Å². The van der Waals surface area contributed by atoms with Crippen LogP contribution in [0.3, 0.4) is 0 Å². The van der Waals surface area contributed by atoms with Crippen molar-refractivity contribution in [3.63, 3.8) is 0 Å². The molecule has 0 saturated heterocycles. The Kier molecular flexibility index (Phi) is 16.7. The third-order valence-corrected chi connectivity index (χ3v) is 9.44. The molecule has 0 unspecified atom stereocenters. The Balaban J connectivity index is 0.000000569. The number of aryl methyl sites for hydroxylation is 4. The van der Waals surface area contributed by atoms with E-state index in [1.807, 2.05) is 0 Å². The Morgan fingerprint density at radius 2 is 0.467 bits per heavy atom. The molecule has 4 aromatic rings. The first kappa shape index (κ1) is 42.2. The van der Waals surface area contributed by atoms with Crippen LogP contribution in [0.2, 0.25) is 0 Å². The molecule has 45 heavy (non-hydrogen) atoms. The molecule has 0 radical (unpaired) electrons. The Morgan fingerprint density at radius 1 is 0.333 bits per heavy atom. The molecular weight excluding hydrogens is 704 g/mol. The first-order chi connectivity index (χ1) is 20.1. The van der Waals surface area contributed by atoms with Crippen molar-refractivity contribution in [3.8, 4) is 0 Å². The van der Waals surface area contributed by atoms with Crippen LogP contribution in [0.1, 0.15) is 22.3 Å². The van der Waals surface area contributed by atoms with Gasteiger partial charge in [-0.3, -0.25) is 0 Å². The van der Waals surface area contributed by atoms with Gasteiger partial charge in [-0.15, -0.1) is 0 Å². The third-order valence-electron chi connectivity index (χ3n) is 5.45. The maximum atomic E-state index is 10.5. The maximum Gasteiger partial charge on any atom is 4.00 e. The summed E-state index contributed by atoms with van der Waals surface area (Å²) in [7, 11) is -17.1. The molecule has 0 N–H and O–H groups in total. The molecule has 0 aliphatic carbocycles. The van der Waals surface area contributed by atoms with Crippen LogP contribution in [-0.4, -0.2) is 51.9 Å². The molecule has 0 atom stereocenters. The van der Waals surface area contributed by atoms with Crippen molar-refractivity contribution in [2.75, 3.05) is 0 Å². The van der Waals surface area contributed by atoms with Gasteiger partial charge in [0, 0.05) is 0 Å². The summed E-state index contributed by atoms with van der Waals surface area (Å²) in [5.41, 5.74) is 1.95. The van der Waals surface area contributed by atoms with Gasteiger partial charge in [-0.05, 0) is 74.2 Å². The third kappa shape index (κ3) is 14.9. The van der Waals surface area contributed by atoms with E-state index in [0.29, 0.717) is 22.3 Å². The van der Waals surface area contributed by atoms with E-state index in [2.05, 4.69) is 0 Å². The van der Waals surface area contributed by atoms with Crippen LogP contribution >= 0.6 is 0 Å². The van der Waals surface area contributed by atoms with Crippen LogP contribution in [0.5, 0.6) is 0 Å². The Bertz CT molecular complexity index is 1720. The summed E-state index contributed by atoms with van der Waals surface area (Å²) in [4.78, 5) is -0.556. The zero-order valence-electron chi connectivity index (χ0n) is 24.3. The van der Waals surface area contributed by atoms with Crippen molar-refractivity contribution >= 4 is 40.5 Å². The molecular formula is C28H28O12S4Ti. The van der Waals surface area contributed by atoms with Gasteiger partial charge in [-0.2, -0.15) is 0 Å². The van der Waals surface area contributed by atoms with E-state index in [1.165, 1.54) is 48.5 Å². The summed E-state index contributed by atoms with van der Waals surface area (Å²) in [6.07, 6.45) is 0.